The number of hydrogen-bond acceptors (Lipinski definition) is 3. The fraction of sp³-hybridized carbons (Fsp3) is 0.500. The molecule has 0 spiro atoms. The lowest BCUT2D eigenvalue weighted by Gasteiger charge is -2.22. The lowest BCUT2D eigenvalue weighted by atomic mass is 10.0. The molecule has 0 bridgehead atoms. The zero-order valence-corrected chi connectivity index (χ0v) is 11.4. The molecule has 1 aliphatic rings. The molecular weight excluding hydrogens is 287 g/mol. The zero-order chi connectivity index (χ0) is 15.6. The highest BCUT2D eigenvalue weighted by molar-refractivity contribution is 5.90. The molecule has 1 aromatic carbocycles. The van der Waals surface area contributed by atoms with E-state index >= 15 is 0 Å². The van der Waals surface area contributed by atoms with Gasteiger partial charge in [0.1, 0.15) is 0 Å². The molecule has 0 aliphatic carbocycles. The van der Waals surface area contributed by atoms with E-state index in [1.54, 1.807) is 0 Å². The van der Waals surface area contributed by atoms with E-state index in [0.717, 1.165) is 25.0 Å². The number of ether oxygens (including phenoxy) is 1. The smallest absolute Gasteiger partial charge is 0.417 e. The van der Waals surface area contributed by atoms with Crippen LogP contribution in [0.3, 0.4) is 0 Å². The Kier molecular flexibility index (Phi) is 4.41. The highest BCUT2D eigenvalue weighted by Gasteiger charge is 2.35. The lowest BCUT2D eigenvalue weighted by Crippen LogP contribution is -2.30. The molecule has 2 unspecified atom stereocenters. The number of alkyl halides is 3. The molecule has 2 N–H and O–H groups in total. The second-order valence-corrected chi connectivity index (χ2v) is 5.05. The lowest BCUT2D eigenvalue weighted by molar-refractivity contribution is -0.138. The predicted octanol–water partition coefficient (Wildman–Crippen LogP) is 3.38. The molecule has 4 nitrogen and oxygen atoms in total. The van der Waals surface area contributed by atoms with Crippen molar-refractivity contribution in [3.05, 3.63) is 29.3 Å². The maximum Gasteiger partial charge on any atom is 0.417 e. The van der Waals surface area contributed by atoms with E-state index in [1.807, 2.05) is 6.92 Å². The van der Waals surface area contributed by atoms with Gasteiger partial charge in [-0.25, -0.2) is 4.79 Å². The van der Waals surface area contributed by atoms with E-state index in [0.29, 0.717) is 6.61 Å². The Bertz CT molecular complexity index is 525. The third-order valence-electron chi connectivity index (χ3n) is 3.47. The van der Waals surface area contributed by atoms with Crippen molar-refractivity contribution in [2.75, 3.05) is 11.9 Å². The van der Waals surface area contributed by atoms with Crippen LogP contribution in [0, 0.1) is 0 Å². The summed E-state index contributed by atoms with van der Waals surface area (Å²) in [5, 5.41) is 11.8. The number of carboxylic acid groups (broad SMARTS) is 1. The van der Waals surface area contributed by atoms with Gasteiger partial charge in [0.05, 0.1) is 17.2 Å². The summed E-state index contributed by atoms with van der Waals surface area (Å²) in [7, 11) is 0. The molecule has 1 heterocycles. The Morgan fingerprint density at radius 2 is 2.19 bits per heavy atom. The summed E-state index contributed by atoms with van der Waals surface area (Å²) >= 11 is 0. The molecule has 7 heteroatoms. The Hall–Kier alpha value is -1.76. The number of hydrogen-bond donors (Lipinski definition) is 2. The van der Waals surface area contributed by atoms with Gasteiger partial charge in [0.2, 0.25) is 0 Å². The van der Waals surface area contributed by atoms with Crippen molar-refractivity contribution in [2.24, 2.45) is 0 Å². The van der Waals surface area contributed by atoms with Crippen LogP contribution in [-0.2, 0) is 10.9 Å². The first kappa shape index (κ1) is 15.6. The molecule has 1 fully saturated rings. The maximum absolute atomic E-state index is 12.9. The summed E-state index contributed by atoms with van der Waals surface area (Å²) in [6.45, 7) is 2.48. The minimum absolute atomic E-state index is 0.0431. The van der Waals surface area contributed by atoms with Gasteiger partial charge in [0, 0.05) is 18.3 Å². The van der Waals surface area contributed by atoms with E-state index in [-0.39, 0.29) is 17.8 Å². The van der Waals surface area contributed by atoms with Crippen LogP contribution >= 0.6 is 0 Å². The molecule has 2 rings (SSSR count). The van der Waals surface area contributed by atoms with Crippen molar-refractivity contribution in [1.29, 1.82) is 0 Å². The van der Waals surface area contributed by atoms with Gasteiger partial charge in [-0.1, -0.05) is 0 Å². The summed E-state index contributed by atoms with van der Waals surface area (Å²) in [5.41, 5.74) is -1.67. The number of benzene rings is 1. The van der Waals surface area contributed by atoms with Gasteiger partial charge >= 0.3 is 12.1 Å². The van der Waals surface area contributed by atoms with Crippen molar-refractivity contribution in [2.45, 2.75) is 38.1 Å². The average molecular weight is 303 g/mol. The van der Waals surface area contributed by atoms with Crippen molar-refractivity contribution < 1.29 is 27.8 Å². The van der Waals surface area contributed by atoms with Gasteiger partial charge in [-0.3, -0.25) is 0 Å². The minimum atomic E-state index is -4.71. The van der Waals surface area contributed by atoms with E-state index in [2.05, 4.69) is 5.32 Å². The number of halogens is 3. The fourth-order valence-electron chi connectivity index (χ4n) is 2.41. The Morgan fingerprint density at radius 1 is 1.48 bits per heavy atom. The van der Waals surface area contributed by atoms with Gasteiger partial charge < -0.3 is 15.2 Å². The monoisotopic (exact) mass is 303 g/mol. The summed E-state index contributed by atoms with van der Waals surface area (Å²) in [5.74, 6) is -1.60. The van der Waals surface area contributed by atoms with E-state index in [1.165, 1.54) is 6.07 Å². The molecule has 1 aromatic rings. The van der Waals surface area contributed by atoms with Crippen LogP contribution in [-0.4, -0.2) is 29.8 Å². The second kappa shape index (κ2) is 5.93. The summed E-state index contributed by atoms with van der Waals surface area (Å²) in [6, 6.07) is 2.98. The van der Waals surface area contributed by atoms with E-state index < -0.39 is 23.3 Å². The second-order valence-electron chi connectivity index (χ2n) is 5.05. The Labute approximate surface area is 119 Å². The number of rotatable bonds is 4. The summed E-state index contributed by atoms with van der Waals surface area (Å²) in [4.78, 5) is 10.9. The van der Waals surface area contributed by atoms with Crippen LogP contribution in [0.5, 0.6) is 0 Å². The topological polar surface area (TPSA) is 58.6 Å². The molecule has 0 saturated carbocycles. The molecule has 0 radical (unpaired) electrons. The van der Waals surface area contributed by atoms with Gasteiger partial charge in [-0.15, -0.1) is 0 Å². The molecule has 2 atom stereocenters. The Balaban J connectivity index is 2.23. The van der Waals surface area contributed by atoms with Crippen LogP contribution in [0.15, 0.2) is 18.2 Å². The molecule has 1 aliphatic heterocycles. The third kappa shape index (κ3) is 3.66. The van der Waals surface area contributed by atoms with E-state index in [9.17, 15) is 18.0 Å². The minimum Gasteiger partial charge on any atom is -0.478 e. The van der Waals surface area contributed by atoms with Crippen LogP contribution < -0.4 is 5.32 Å². The largest absolute Gasteiger partial charge is 0.478 e. The highest BCUT2D eigenvalue weighted by Crippen LogP contribution is 2.34. The third-order valence-corrected chi connectivity index (χ3v) is 3.47. The average Bonchev–Trinajstić information content (AvgIpc) is 2.91. The van der Waals surface area contributed by atoms with Gasteiger partial charge in [-0.05, 0) is 38.0 Å². The predicted molar refractivity (Wildman–Crippen MR) is 70.5 cm³/mol. The van der Waals surface area contributed by atoms with E-state index in [4.69, 9.17) is 9.84 Å². The summed E-state index contributed by atoms with van der Waals surface area (Å²) in [6.07, 6.45) is -2.97. The van der Waals surface area contributed by atoms with Gasteiger partial charge in [0.25, 0.3) is 0 Å². The number of carbonyl (C=O) groups is 1. The van der Waals surface area contributed by atoms with Crippen LogP contribution in [0.2, 0.25) is 0 Å². The van der Waals surface area contributed by atoms with Crippen molar-refractivity contribution in [3.8, 4) is 0 Å². The zero-order valence-electron chi connectivity index (χ0n) is 11.4. The van der Waals surface area contributed by atoms with Crippen molar-refractivity contribution in [3.63, 3.8) is 0 Å². The first-order chi connectivity index (χ1) is 9.79. The number of nitrogens with one attached hydrogen (secondary N) is 1. The molecule has 0 amide bonds. The molecule has 0 aromatic heterocycles. The number of anilines is 1. The summed E-state index contributed by atoms with van der Waals surface area (Å²) < 4.78 is 44.2. The first-order valence-corrected chi connectivity index (χ1v) is 6.61. The Morgan fingerprint density at radius 3 is 2.71 bits per heavy atom. The van der Waals surface area contributed by atoms with Crippen molar-refractivity contribution in [1.82, 2.24) is 0 Å². The SMILES string of the molecule is CC(Nc1ccc(C(=O)O)c(C(F)(F)F)c1)C1CCCO1. The fourth-order valence-corrected chi connectivity index (χ4v) is 2.41. The van der Waals surface area contributed by atoms with Crippen LogP contribution in [0.1, 0.15) is 35.7 Å². The standard InChI is InChI=1S/C14H16F3NO3/c1-8(12-3-2-6-21-12)18-9-4-5-10(13(19)20)11(7-9)14(15,16)17/h4-5,7-8,12,18H,2-3,6H2,1H3,(H,19,20). The van der Waals surface area contributed by atoms with Crippen LogP contribution in [0.4, 0.5) is 18.9 Å². The first-order valence-electron chi connectivity index (χ1n) is 6.61. The molecule has 116 valence electrons. The normalized spacial score (nSPS) is 20.3. The number of aromatic carboxylic acids is 1. The number of carboxylic acids is 1. The van der Waals surface area contributed by atoms with Crippen molar-refractivity contribution >= 4 is 11.7 Å². The quantitative estimate of drug-likeness (QED) is 0.895. The van der Waals surface area contributed by atoms with Gasteiger partial charge in [0.15, 0.2) is 0 Å². The molecule has 1 saturated heterocycles. The molecule has 21 heavy (non-hydrogen) atoms. The molecular formula is C14H16F3NO3. The van der Waals surface area contributed by atoms with Crippen LogP contribution in [0.25, 0.3) is 0 Å². The maximum atomic E-state index is 12.9. The van der Waals surface area contributed by atoms with Gasteiger partial charge in [-0.2, -0.15) is 13.2 Å². The highest BCUT2D eigenvalue weighted by atomic mass is 19.4.